The van der Waals surface area contributed by atoms with Crippen LogP contribution in [0.1, 0.15) is 39.0 Å². The van der Waals surface area contributed by atoms with Crippen molar-refractivity contribution in [2.45, 2.75) is 43.8 Å². The van der Waals surface area contributed by atoms with Crippen LogP contribution in [-0.4, -0.2) is 45.4 Å². The van der Waals surface area contributed by atoms with Crippen molar-refractivity contribution in [3.63, 3.8) is 0 Å². The maximum atomic E-state index is 12.3. The van der Waals surface area contributed by atoms with Gasteiger partial charge < -0.3 is 4.74 Å². The molecule has 5 nitrogen and oxygen atoms in total. The summed E-state index contributed by atoms with van der Waals surface area (Å²) in [5, 5.41) is 0. The molecule has 2 aliphatic rings. The second-order valence-electron chi connectivity index (χ2n) is 5.74. The third-order valence-electron chi connectivity index (χ3n) is 4.29. The summed E-state index contributed by atoms with van der Waals surface area (Å²) >= 11 is 0. The van der Waals surface area contributed by atoms with E-state index in [4.69, 9.17) is 4.74 Å². The highest BCUT2D eigenvalue weighted by atomic mass is 32.2. The number of sulfone groups is 2. The second-order valence-corrected chi connectivity index (χ2v) is 10.4. The monoisotopic (exact) mass is 322 g/mol. The first-order chi connectivity index (χ1) is 9.30. The Morgan fingerprint density at radius 1 is 1.15 bits per heavy atom. The van der Waals surface area contributed by atoms with E-state index in [9.17, 15) is 16.8 Å². The summed E-state index contributed by atoms with van der Waals surface area (Å²) in [6, 6.07) is 0. The average molecular weight is 322 g/mol. The van der Waals surface area contributed by atoms with E-state index in [0.717, 1.165) is 25.7 Å². The molecule has 1 heterocycles. The summed E-state index contributed by atoms with van der Waals surface area (Å²) in [5.41, 5.74) is 1.19. The summed E-state index contributed by atoms with van der Waals surface area (Å²) < 4.78 is 52.4. The van der Waals surface area contributed by atoms with Gasteiger partial charge in [0.1, 0.15) is 11.4 Å². The molecule has 2 fully saturated rings. The lowest BCUT2D eigenvalue weighted by Gasteiger charge is -2.34. The molecule has 20 heavy (non-hydrogen) atoms. The fourth-order valence-electron chi connectivity index (χ4n) is 2.83. The summed E-state index contributed by atoms with van der Waals surface area (Å²) in [4.78, 5) is 0. The quantitative estimate of drug-likeness (QED) is 0.732. The van der Waals surface area contributed by atoms with Gasteiger partial charge in [-0.3, -0.25) is 0 Å². The van der Waals surface area contributed by atoms with Crippen molar-refractivity contribution in [3.05, 3.63) is 11.8 Å². The second kappa shape index (κ2) is 5.67. The molecule has 1 unspecified atom stereocenters. The lowest BCUT2D eigenvalue weighted by Crippen LogP contribution is -2.54. The first-order valence-electron chi connectivity index (χ1n) is 7.02. The maximum absolute atomic E-state index is 12.3. The van der Waals surface area contributed by atoms with Crippen molar-refractivity contribution in [1.29, 1.82) is 0 Å². The zero-order valence-electron chi connectivity index (χ0n) is 11.8. The summed E-state index contributed by atoms with van der Waals surface area (Å²) in [6.07, 6.45) is 6.16. The molecule has 0 spiro atoms. The fourth-order valence-corrected chi connectivity index (χ4v) is 8.33. The molecular weight excluding hydrogens is 300 g/mol. The van der Waals surface area contributed by atoms with E-state index in [-0.39, 0.29) is 30.3 Å². The number of ether oxygens (including phenoxy) is 1. The Kier molecular flexibility index (Phi) is 4.49. The number of allylic oxidation sites excluding steroid dienone is 1. The third-order valence-corrected chi connectivity index (χ3v) is 9.16. The molecule has 1 saturated heterocycles. The van der Waals surface area contributed by atoms with Crippen LogP contribution in [0.5, 0.6) is 0 Å². The van der Waals surface area contributed by atoms with Crippen LogP contribution in [0.4, 0.5) is 0 Å². The van der Waals surface area contributed by atoms with Gasteiger partial charge in [0.15, 0.2) is 19.7 Å². The van der Waals surface area contributed by atoms with Crippen molar-refractivity contribution in [2.24, 2.45) is 0 Å². The zero-order chi connectivity index (χ0) is 14.9. The Balaban J connectivity index is 2.15. The zero-order valence-corrected chi connectivity index (χ0v) is 13.4. The fraction of sp³-hybridized carbons (Fsp3) is 0.846. The average Bonchev–Trinajstić information content (AvgIpc) is 2.87. The first kappa shape index (κ1) is 15.8. The van der Waals surface area contributed by atoms with Gasteiger partial charge in [0.25, 0.3) is 0 Å². The highest BCUT2D eigenvalue weighted by Crippen LogP contribution is 2.31. The van der Waals surface area contributed by atoms with Crippen molar-refractivity contribution in [2.75, 3.05) is 23.9 Å². The lowest BCUT2D eigenvalue weighted by atomic mass is 10.1. The van der Waals surface area contributed by atoms with E-state index in [0.29, 0.717) is 0 Å². The van der Waals surface area contributed by atoms with Gasteiger partial charge >= 0.3 is 0 Å². The Hall–Kier alpha value is -0.560. The van der Waals surface area contributed by atoms with Gasteiger partial charge in [0.2, 0.25) is 0 Å². The van der Waals surface area contributed by atoms with Crippen molar-refractivity contribution in [3.8, 4) is 0 Å². The smallest absolute Gasteiger partial charge is 0.161 e. The number of hydrogen-bond acceptors (Lipinski definition) is 5. The van der Waals surface area contributed by atoms with E-state index < -0.39 is 24.4 Å². The minimum absolute atomic E-state index is 0.0609. The molecule has 1 aliphatic heterocycles. The molecule has 1 aliphatic carbocycles. The highest BCUT2D eigenvalue weighted by Gasteiger charge is 2.50. The molecule has 0 aromatic carbocycles. The Morgan fingerprint density at radius 2 is 1.80 bits per heavy atom. The molecule has 1 atom stereocenters. The van der Waals surface area contributed by atoms with E-state index in [1.54, 1.807) is 13.2 Å². The largest absolute Gasteiger partial charge is 0.500 e. The minimum Gasteiger partial charge on any atom is -0.500 e. The van der Waals surface area contributed by atoms with Crippen LogP contribution in [0.3, 0.4) is 0 Å². The molecule has 0 bridgehead atoms. The topological polar surface area (TPSA) is 77.5 Å². The Labute approximate surface area is 121 Å². The van der Waals surface area contributed by atoms with Gasteiger partial charge in [-0.2, -0.15) is 0 Å². The van der Waals surface area contributed by atoms with E-state index >= 15 is 0 Å². The van der Waals surface area contributed by atoms with Gasteiger partial charge in [0, 0.05) is 0 Å². The molecule has 0 aromatic heterocycles. The molecule has 1 saturated carbocycles. The van der Waals surface area contributed by atoms with Gasteiger partial charge in [0.05, 0.1) is 23.5 Å². The molecule has 116 valence electrons. The number of rotatable bonds is 4. The number of hydrogen-bond donors (Lipinski definition) is 0. The molecular formula is C13H22O5S2. The van der Waals surface area contributed by atoms with Crippen molar-refractivity contribution in [1.82, 2.24) is 0 Å². The Morgan fingerprint density at radius 3 is 2.40 bits per heavy atom. The molecule has 2 rings (SSSR count). The third kappa shape index (κ3) is 3.19. The van der Waals surface area contributed by atoms with Gasteiger partial charge in [-0.15, -0.1) is 0 Å². The first-order valence-corrected chi connectivity index (χ1v) is 10.5. The summed E-state index contributed by atoms with van der Waals surface area (Å²) in [5.74, 6) is -0.872. The molecule has 0 amide bonds. The van der Waals surface area contributed by atoms with Crippen LogP contribution in [0.2, 0.25) is 0 Å². The van der Waals surface area contributed by atoms with Crippen LogP contribution >= 0.6 is 0 Å². The predicted octanol–water partition coefficient (Wildman–Crippen LogP) is 1.45. The predicted molar refractivity (Wildman–Crippen MR) is 78.0 cm³/mol. The van der Waals surface area contributed by atoms with Crippen molar-refractivity contribution >= 4 is 19.7 Å². The van der Waals surface area contributed by atoms with Gasteiger partial charge in [-0.05, 0) is 37.7 Å². The van der Waals surface area contributed by atoms with Crippen LogP contribution in [0.15, 0.2) is 11.8 Å². The minimum atomic E-state index is -3.44. The van der Waals surface area contributed by atoms with Gasteiger partial charge in [-0.25, -0.2) is 16.8 Å². The normalized spacial score (nSPS) is 31.9. The SMILES string of the molecule is CCC1(COC=C2CCCC2)CS(=O)(=O)CCS1(=O)=O. The molecule has 0 aromatic rings. The maximum Gasteiger partial charge on any atom is 0.161 e. The summed E-state index contributed by atoms with van der Waals surface area (Å²) in [6.45, 7) is 1.65. The van der Waals surface area contributed by atoms with Crippen LogP contribution in [-0.2, 0) is 24.4 Å². The molecule has 7 heteroatoms. The van der Waals surface area contributed by atoms with Gasteiger partial charge in [-0.1, -0.05) is 6.92 Å². The van der Waals surface area contributed by atoms with Crippen LogP contribution in [0.25, 0.3) is 0 Å². The standard InChI is InChI=1S/C13H22O5S2/c1-2-13(10-18-9-12-5-3-4-6-12)11-19(14,15)7-8-20(13,16)17/h9H,2-8,10-11H2,1H3. The lowest BCUT2D eigenvalue weighted by molar-refractivity contribution is 0.208. The van der Waals surface area contributed by atoms with E-state index in [1.807, 2.05) is 0 Å². The highest BCUT2D eigenvalue weighted by molar-refractivity contribution is 7.99. The van der Waals surface area contributed by atoms with Crippen molar-refractivity contribution < 1.29 is 21.6 Å². The Bertz CT molecular complexity index is 580. The van der Waals surface area contributed by atoms with Crippen LogP contribution < -0.4 is 0 Å². The molecule has 0 radical (unpaired) electrons. The summed E-state index contributed by atoms with van der Waals surface area (Å²) in [7, 11) is -6.74. The van der Waals surface area contributed by atoms with Crippen LogP contribution in [0, 0.1) is 0 Å². The van der Waals surface area contributed by atoms with E-state index in [1.165, 1.54) is 5.57 Å². The molecule has 0 N–H and O–H groups in total. The van der Waals surface area contributed by atoms with E-state index in [2.05, 4.69) is 0 Å².